The van der Waals surface area contributed by atoms with Crippen LogP contribution >= 0.6 is 0 Å². The molecule has 3 aromatic rings. The number of benzene rings is 1. The Labute approximate surface area is 226 Å². The van der Waals surface area contributed by atoms with Gasteiger partial charge in [0.2, 0.25) is 5.91 Å². The van der Waals surface area contributed by atoms with Gasteiger partial charge in [0.15, 0.2) is 0 Å². The number of rotatable bonds is 7. The van der Waals surface area contributed by atoms with Crippen LogP contribution in [0.25, 0.3) is 22.2 Å². The van der Waals surface area contributed by atoms with Crippen LogP contribution in [-0.2, 0) is 9.53 Å². The highest BCUT2D eigenvalue weighted by Crippen LogP contribution is 2.38. The van der Waals surface area contributed by atoms with Gasteiger partial charge in [-0.3, -0.25) is 14.7 Å². The Kier molecular flexibility index (Phi) is 7.89. The van der Waals surface area contributed by atoms with Crippen LogP contribution in [-0.4, -0.2) is 82.8 Å². The van der Waals surface area contributed by atoms with E-state index in [0.717, 1.165) is 43.7 Å². The van der Waals surface area contributed by atoms with Crippen molar-refractivity contribution >= 4 is 16.8 Å². The van der Waals surface area contributed by atoms with E-state index < -0.39 is 0 Å². The Bertz CT molecular complexity index is 1270. The third-order valence-electron chi connectivity index (χ3n) is 8.50. The number of carbonyl (C=O) groups is 1. The summed E-state index contributed by atoms with van der Waals surface area (Å²) in [4.78, 5) is 25.4. The summed E-state index contributed by atoms with van der Waals surface area (Å²) in [5.41, 5.74) is 8.35. The molecular weight excluding hydrogens is 476 g/mol. The Balaban J connectivity index is 1.30. The van der Waals surface area contributed by atoms with Gasteiger partial charge in [-0.1, -0.05) is 19.9 Å². The fourth-order valence-corrected chi connectivity index (χ4v) is 6.52. The largest absolute Gasteiger partial charge is 0.395 e. The summed E-state index contributed by atoms with van der Waals surface area (Å²) >= 11 is 0. The first-order chi connectivity index (χ1) is 18.3. The van der Waals surface area contributed by atoms with Crippen molar-refractivity contribution in [2.24, 2.45) is 0 Å². The zero-order chi connectivity index (χ0) is 27.0. The second-order valence-corrected chi connectivity index (χ2v) is 11.5. The van der Waals surface area contributed by atoms with Crippen LogP contribution in [0.1, 0.15) is 67.5 Å². The molecule has 0 spiro atoms. The molecule has 2 saturated heterocycles. The summed E-state index contributed by atoms with van der Waals surface area (Å²) in [6.45, 7) is 11.3. The molecule has 2 aliphatic rings. The number of amides is 1. The van der Waals surface area contributed by atoms with Gasteiger partial charge in [-0.15, -0.1) is 0 Å². The lowest BCUT2D eigenvalue weighted by Gasteiger charge is -2.34. The number of methoxy groups -OCH3 is 1. The predicted octanol–water partition coefficient (Wildman–Crippen LogP) is 4.76. The van der Waals surface area contributed by atoms with Crippen molar-refractivity contribution in [2.45, 2.75) is 70.9 Å². The number of hydrogen-bond acceptors (Lipinski definition) is 5. The molecular formula is C31H42N4O3. The maximum atomic E-state index is 13.1. The number of aromatic amines is 1. The average molecular weight is 519 g/mol. The molecule has 38 heavy (non-hydrogen) atoms. The van der Waals surface area contributed by atoms with E-state index in [1.807, 2.05) is 4.90 Å². The molecule has 0 bridgehead atoms. The van der Waals surface area contributed by atoms with Gasteiger partial charge >= 0.3 is 0 Å². The summed E-state index contributed by atoms with van der Waals surface area (Å²) in [5.74, 6) is 0.991. The highest BCUT2D eigenvalue weighted by molar-refractivity contribution is 5.92. The number of carbonyl (C=O) groups excluding carboxylic acids is 1. The van der Waals surface area contributed by atoms with E-state index in [2.05, 4.69) is 72.9 Å². The van der Waals surface area contributed by atoms with E-state index in [1.165, 1.54) is 33.3 Å². The highest BCUT2D eigenvalue weighted by atomic mass is 16.5. The summed E-state index contributed by atoms with van der Waals surface area (Å²) in [7, 11) is 1.70. The number of fused-ring (bicyclic) bond motifs is 1. The normalized spacial score (nSPS) is 21.2. The summed E-state index contributed by atoms with van der Waals surface area (Å²) in [5, 5.41) is 11.0. The zero-order valence-electron chi connectivity index (χ0n) is 23.5. The van der Waals surface area contributed by atoms with Crippen LogP contribution in [0.4, 0.5) is 0 Å². The van der Waals surface area contributed by atoms with Gasteiger partial charge in [-0.2, -0.15) is 0 Å². The van der Waals surface area contributed by atoms with Gasteiger partial charge in [-0.05, 0) is 80.3 Å². The number of pyridine rings is 1. The number of aliphatic hydroxyl groups is 1. The number of H-pyrrole nitrogens is 1. The maximum Gasteiger partial charge on any atom is 0.236 e. The summed E-state index contributed by atoms with van der Waals surface area (Å²) in [6, 6.07) is 11.2. The lowest BCUT2D eigenvalue weighted by molar-refractivity contribution is -0.133. The van der Waals surface area contributed by atoms with Crippen LogP contribution < -0.4 is 0 Å². The number of ether oxygens (including phenoxy) is 1. The van der Waals surface area contributed by atoms with Crippen molar-refractivity contribution in [3.8, 4) is 11.3 Å². The third kappa shape index (κ3) is 5.37. The molecule has 7 heteroatoms. The fraction of sp³-hybridized carbons (Fsp3) is 0.548. The Morgan fingerprint density at radius 1 is 1.16 bits per heavy atom. The van der Waals surface area contributed by atoms with Crippen LogP contribution in [0, 0.1) is 13.8 Å². The first-order valence-corrected chi connectivity index (χ1v) is 14.0. The number of hydrogen-bond donors (Lipinski definition) is 2. The third-order valence-corrected chi connectivity index (χ3v) is 8.50. The highest BCUT2D eigenvalue weighted by Gasteiger charge is 2.34. The van der Waals surface area contributed by atoms with Crippen molar-refractivity contribution in [1.82, 2.24) is 19.8 Å². The summed E-state index contributed by atoms with van der Waals surface area (Å²) in [6.07, 6.45) is 2.82. The van der Waals surface area contributed by atoms with Crippen LogP contribution in [0.15, 0.2) is 30.3 Å². The smallest absolute Gasteiger partial charge is 0.236 e. The molecule has 2 atom stereocenters. The lowest BCUT2D eigenvalue weighted by Crippen LogP contribution is -2.46. The maximum absolute atomic E-state index is 13.1. The van der Waals surface area contributed by atoms with Gasteiger partial charge in [0.1, 0.15) is 0 Å². The minimum Gasteiger partial charge on any atom is -0.395 e. The molecule has 7 nitrogen and oxygen atoms in total. The average Bonchev–Trinajstić information content (AvgIpc) is 3.48. The molecule has 2 aliphatic heterocycles. The van der Waals surface area contributed by atoms with Gasteiger partial charge in [0, 0.05) is 60.6 Å². The van der Waals surface area contributed by atoms with E-state index in [9.17, 15) is 9.90 Å². The number of piperidine rings is 1. The van der Waals surface area contributed by atoms with E-state index >= 15 is 0 Å². The van der Waals surface area contributed by atoms with Crippen LogP contribution in [0.3, 0.4) is 0 Å². The molecule has 204 valence electrons. The van der Waals surface area contributed by atoms with Crippen molar-refractivity contribution in [2.75, 3.05) is 39.9 Å². The number of aryl methyl sites for hydroxylation is 2. The van der Waals surface area contributed by atoms with E-state index in [-0.39, 0.29) is 24.7 Å². The number of aromatic nitrogens is 2. The van der Waals surface area contributed by atoms with Crippen LogP contribution in [0.5, 0.6) is 0 Å². The minimum absolute atomic E-state index is 0.00883. The number of likely N-dealkylation sites (tertiary alicyclic amines) is 2. The monoisotopic (exact) mass is 518 g/mol. The lowest BCUT2D eigenvalue weighted by atomic mass is 9.87. The molecule has 5 rings (SSSR count). The number of nitrogens with zero attached hydrogens (tertiary/aromatic N) is 3. The Hall–Kier alpha value is -2.74. The van der Waals surface area contributed by atoms with Crippen LogP contribution in [0.2, 0.25) is 0 Å². The van der Waals surface area contributed by atoms with Gasteiger partial charge in [0.05, 0.1) is 24.9 Å². The first-order valence-electron chi connectivity index (χ1n) is 14.0. The zero-order valence-corrected chi connectivity index (χ0v) is 23.5. The van der Waals surface area contributed by atoms with Crippen molar-refractivity contribution < 1.29 is 14.6 Å². The quantitative estimate of drug-likeness (QED) is 0.471. The minimum atomic E-state index is 0.00883. The van der Waals surface area contributed by atoms with Crippen molar-refractivity contribution in [1.29, 1.82) is 0 Å². The number of nitrogens with one attached hydrogen (secondary N) is 1. The molecule has 0 saturated carbocycles. The standard InChI is InChI=1S/C31H42N4O3/c1-19(2)30-27-14-23(6-7-28(27)33-31(30)24-12-20(3)32-21(4)13-24)22-8-10-34(11-9-22)29(37)17-35-16-26(38-5)15-25(35)18-36/h6-7,12-14,19,22,25-26,33,36H,8-11,15-18H2,1-5H3/t25-,26-/m1/s1. The van der Waals surface area contributed by atoms with Gasteiger partial charge < -0.3 is 19.7 Å². The molecule has 0 aliphatic carbocycles. The Morgan fingerprint density at radius 2 is 1.87 bits per heavy atom. The molecule has 0 unspecified atom stereocenters. The van der Waals surface area contributed by atoms with E-state index in [4.69, 9.17) is 4.74 Å². The first kappa shape index (κ1) is 26.9. The number of aliphatic hydroxyl groups excluding tert-OH is 1. The van der Waals surface area contributed by atoms with E-state index in [0.29, 0.717) is 24.9 Å². The van der Waals surface area contributed by atoms with Gasteiger partial charge in [0.25, 0.3) is 0 Å². The molecule has 1 amide bonds. The van der Waals surface area contributed by atoms with Crippen molar-refractivity contribution in [3.63, 3.8) is 0 Å². The van der Waals surface area contributed by atoms with Crippen molar-refractivity contribution in [3.05, 3.63) is 52.8 Å². The van der Waals surface area contributed by atoms with Gasteiger partial charge in [-0.25, -0.2) is 0 Å². The second-order valence-electron chi connectivity index (χ2n) is 11.5. The summed E-state index contributed by atoms with van der Waals surface area (Å²) < 4.78 is 5.47. The second kappa shape index (κ2) is 11.2. The molecule has 2 N–H and O–H groups in total. The topological polar surface area (TPSA) is 81.7 Å². The SMILES string of the molecule is CO[C@@H]1C[C@H](CO)N(CC(=O)N2CCC(c3ccc4[nH]c(-c5cc(C)nc(C)c5)c(C(C)C)c4c3)CC2)C1. The predicted molar refractivity (Wildman–Crippen MR) is 152 cm³/mol. The Morgan fingerprint density at radius 3 is 2.50 bits per heavy atom. The molecule has 1 aromatic carbocycles. The molecule has 2 aromatic heterocycles. The molecule has 0 radical (unpaired) electrons. The van der Waals surface area contributed by atoms with E-state index in [1.54, 1.807) is 7.11 Å². The fourth-order valence-electron chi connectivity index (χ4n) is 6.52. The molecule has 2 fully saturated rings. The molecule has 4 heterocycles.